The highest BCUT2D eigenvalue weighted by Gasteiger charge is 2.28. The lowest BCUT2D eigenvalue weighted by atomic mass is 9.82. The molecule has 2 aromatic carbocycles. The van der Waals surface area contributed by atoms with E-state index < -0.39 is 0 Å². The molecule has 1 fully saturated rings. The Balaban J connectivity index is 1.43. The number of aromatic nitrogens is 4. The summed E-state index contributed by atoms with van der Waals surface area (Å²) in [6, 6.07) is 12.0. The maximum Gasteiger partial charge on any atom is 0.294 e. The number of carbonyl (C=O) groups excluding carboxylic acids is 1. The Bertz CT molecular complexity index is 1430. The first-order valence-corrected chi connectivity index (χ1v) is 11.8. The molecule has 1 amide bonds. The number of rotatable bonds is 2. The lowest BCUT2D eigenvalue weighted by Gasteiger charge is -2.25. The van der Waals surface area contributed by atoms with Gasteiger partial charge in [0.2, 0.25) is 5.65 Å². The molecule has 1 aliphatic heterocycles. The Morgan fingerprint density at radius 1 is 1.03 bits per heavy atom. The van der Waals surface area contributed by atoms with Crippen molar-refractivity contribution in [3.63, 3.8) is 0 Å². The minimum Gasteiger partial charge on any atom is -0.330 e. The number of nitrogens with one attached hydrogen (secondary N) is 1. The van der Waals surface area contributed by atoms with Gasteiger partial charge in [-0.15, -0.1) is 10.2 Å². The molecule has 4 aromatic rings. The average Bonchev–Trinajstić information content (AvgIpc) is 3.45. The Morgan fingerprint density at radius 2 is 1.73 bits per heavy atom. The molecule has 1 N–H and O–H groups in total. The third kappa shape index (κ3) is 3.25. The smallest absolute Gasteiger partial charge is 0.294 e. The fourth-order valence-corrected chi connectivity index (χ4v) is 5.50. The number of amides is 1. The fraction of sp³-hybridized carbons (Fsp3) is 0.385. The molecule has 0 spiro atoms. The number of aromatic amines is 1. The van der Waals surface area contributed by atoms with Crippen molar-refractivity contribution in [2.45, 2.75) is 58.5 Å². The molecule has 2 aliphatic rings. The van der Waals surface area contributed by atoms with Crippen molar-refractivity contribution >= 4 is 22.6 Å². The molecule has 3 heterocycles. The monoisotopic (exact) mass is 441 g/mol. The van der Waals surface area contributed by atoms with Crippen LogP contribution in [0.3, 0.4) is 0 Å². The molecule has 33 heavy (non-hydrogen) atoms. The van der Waals surface area contributed by atoms with Crippen LogP contribution in [-0.4, -0.2) is 30.4 Å². The van der Waals surface area contributed by atoms with E-state index in [1.165, 1.54) is 11.1 Å². The number of fused-ring (bicyclic) bond motifs is 4. The Morgan fingerprint density at radius 3 is 2.42 bits per heavy atom. The zero-order valence-electron chi connectivity index (χ0n) is 19.0. The third-order valence-electron chi connectivity index (χ3n) is 7.46. The van der Waals surface area contributed by atoms with Crippen molar-refractivity contribution in [3.05, 3.63) is 74.8 Å². The van der Waals surface area contributed by atoms with Crippen LogP contribution >= 0.6 is 0 Å². The Kier molecular flexibility index (Phi) is 4.60. The van der Waals surface area contributed by atoms with Gasteiger partial charge in [0.05, 0.1) is 11.0 Å². The van der Waals surface area contributed by atoms with Crippen LogP contribution in [-0.2, 0) is 13.1 Å². The number of nitrogens with zero attached hydrogens (tertiary/aromatic N) is 4. The van der Waals surface area contributed by atoms with Crippen LogP contribution in [0.5, 0.6) is 0 Å². The second kappa shape index (κ2) is 7.54. The number of carbonyl (C=O) groups is 1. The van der Waals surface area contributed by atoms with Crippen molar-refractivity contribution in [2.24, 2.45) is 5.92 Å². The molecule has 0 atom stereocenters. The lowest BCUT2D eigenvalue weighted by Crippen LogP contribution is -2.26. The standard InChI is InChI=1S/C26H27N5O2/c1-15-7-9-17(10-8-15)23-28-29-24-25(32)27-21-12-20(16(2)11-22(21)31(23)24)26(33)30-13-18-5-3-4-6-19(18)14-30/h3-6,11-12,15,17H,7-10,13-14H2,1-2H3,(H,27,32)/t15-,17-. The highest BCUT2D eigenvalue weighted by atomic mass is 16.2. The van der Waals surface area contributed by atoms with Gasteiger partial charge in [0.15, 0.2) is 0 Å². The van der Waals surface area contributed by atoms with Crippen molar-refractivity contribution in [1.82, 2.24) is 24.5 Å². The van der Waals surface area contributed by atoms with Crippen LogP contribution in [0.15, 0.2) is 41.2 Å². The van der Waals surface area contributed by atoms with Gasteiger partial charge in [-0.3, -0.25) is 14.0 Å². The van der Waals surface area contributed by atoms with Crippen LogP contribution in [0.2, 0.25) is 0 Å². The molecule has 0 bridgehead atoms. The molecule has 1 aliphatic carbocycles. The molecular weight excluding hydrogens is 414 g/mol. The molecule has 2 aromatic heterocycles. The summed E-state index contributed by atoms with van der Waals surface area (Å²) < 4.78 is 1.92. The van der Waals surface area contributed by atoms with Crippen molar-refractivity contribution < 1.29 is 4.79 Å². The van der Waals surface area contributed by atoms with E-state index in [2.05, 4.69) is 34.2 Å². The van der Waals surface area contributed by atoms with Crippen LogP contribution in [0, 0.1) is 12.8 Å². The molecule has 168 valence electrons. The normalized spacial score (nSPS) is 20.5. The Labute approximate surface area is 191 Å². The molecule has 1 saturated carbocycles. The first kappa shape index (κ1) is 20.1. The maximum atomic E-state index is 13.4. The topological polar surface area (TPSA) is 83.4 Å². The molecular formula is C26H27N5O2. The summed E-state index contributed by atoms with van der Waals surface area (Å²) >= 11 is 0. The van der Waals surface area contributed by atoms with E-state index >= 15 is 0 Å². The highest BCUT2D eigenvalue weighted by molar-refractivity contribution is 5.99. The van der Waals surface area contributed by atoms with Gasteiger partial charge in [-0.05, 0) is 54.5 Å². The zero-order chi connectivity index (χ0) is 22.7. The van der Waals surface area contributed by atoms with Gasteiger partial charge in [-0.1, -0.05) is 44.0 Å². The van der Waals surface area contributed by atoms with Crippen LogP contribution in [0.25, 0.3) is 16.7 Å². The molecule has 6 rings (SSSR count). The van der Waals surface area contributed by atoms with E-state index in [1.54, 1.807) is 0 Å². The average molecular weight is 442 g/mol. The Hall–Kier alpha value is -3.48. The highest BCUT2D eigenvalue weighted by Crippen LogP contribution is 2.35. The lowest BCUT2D eigenvalue weighted by molar-refractivity contribution is 0.0751. The third-order valence-corrected chi connectivity index (χ3v) is 7.46. The number of hydrogen-bond acceptors (Lipinski definition) is 4. The SMILES string of the molecule is Cc1cc2c(cc1C(=O)N1Cc3ccccc3C1)[nH]c(=O)c1nnc([C@H]3CC[C@H](C)CC3)n12. The van der Waals surface area contributed by atoms with E-state index in [9.17, 15) is 9.59 Å². The maximum absolute atomic E-state index is 13.4. The van der Waals surface area contributed by atoms with Crippen molar-refractivity contribution in [1.29, 1.82) is 0 Å². The van der Waals surface area contributed by atoms with Gasteiger partial charge in [-0.25, -0.2) is 0 Å². The summed E-state index contributed by atoms with van der Waals surface area (Å²) in [6.07, 6.45) is 4.44. The minimum atomic E-state index is -0.277. The van der Waals surface area contributed by atoms with Crippen LogP contribution in [0.4, 0.5) is 0 Å². The van der Waals surface area contributed by atoms with E-state index in [0.717, 1.165) is 48.5 Å². The predicted molar refractivity (Wildman–Crippen MR) is 126 cm³/mol. The van der Waals surface area contributed by atoms with Gasteiger partial charge in [0, 0.05) is 24.6 Å². The fourth-order valence-electron chi connectivity index (χ4n) is 5.50. The summed E-state index contributed by atoms with van der Waals surface area (Å²) in [7, 11) is 0. The molecule has 0 unspecified atom stereocenters. The quantitative estimate of drug-likeness (QED) is 0.502. The number of H-pyrrole nitrogens is 1. The summed E-state index contributed by atoms with van der Waals surface area (Å²) in [6.45, 7) is 5.47. The van der Waals surface area contributed by atoms with Gasteiger partial charge < -0.3 is 9.88 Å². The summed E-state index contributed by atoms with van der Waals surface area (Å²) in [4.78, 5) is 31.1. The first-order chi connectivity index (χ1) is 16.0. The molecule has 7 heteroatoms. The second-order valence-corrected chi connectivity index (χ2v) is 9.74. The summed E-state index contributed by atoms with van der Waals surface area (Å²) in [5.74, 6) is 1.87. The second-order valence-electron chi connectivity index (χ2n) is 9.74. The summed E-state index contributed by atoms with van der Waals surface area (Å²) in [5, 5.41) is 8.68. The predicted octanol–water partition coefficient (Wildman–Crippen LogP) is 4.33. The minimum absolute atomic E-state index is 0.0169. The van der Waals surface area contributed by atoms with E-state index in [1.807, 2.05) is 40.5 Å². The molecule has 7 nitrogen and oxygen atoms in total. The van der Waals surface area contributed by atoms with Crippen LogP contribution < -0.4 is 5.56 Å². The zero-order valence-corrected chi connectivity index (χ0v) is 19.0. The first-order valence-electron chi connectivity index (χ1n) is 11.8. The summed E-state index contributed by atoms with van der Waals surface area (Å²) in [5.41, 5.74) is 5.42. The largest absolute Gasteiger partial charge is 0.330 e. The number of benzene rings is 2. The van der Waals surface area contributed by atoms with Gasteiger partial charge in [-0.2, -0.15) is 0 Å². The van der Waals surface area contributed by atoms with Crippen molar-refractivity contribution in [3.8, 4) is 0 Å². The van der Waals surface area contributed by atoms with Crippen molar-refractivity contribution in [2.75, 3.05) is 0 Å². The number of hydrogen-bond donors (Lipinski definition) is 1. The van der Waals surface area contributed by atoms with Crippen LogP contribution in [0.1, 0.15) is 71.4 Å². The van der Waals surface area contributed by atoms with Gasteiger partial charge in [0.25, 0.3) is 11.5 Å². The molecule has 0 saturated heterocycles. The van der Waals surface area contributed by atoms with Gasteiger partial charge >= 0.3 is 0 Å². The molecule has 0 radical (unpaired) electrons. The van der Waals surface area contributed by atoms with E-state index in [4.69, 9.17) is 0 Å². The van der Waals surface area contributed by atoms with E-state index in [-0.39, 0.29) is 11.5 Å². The number of aryl methyl sites for hydroxylation is 1. The van der Waals surface area contributed by atoms with E-state index in [0.29, 0.717) is 35.7 Å². The van der Waals surface area contributed by atoms with Gasteiger partial charge in [0.1, 0.15) is 5.82 Å².